The van der Waals surface area contributed by atoms with Gasteiger partial charge in [0.25, 0.3) is 5.91 Å². The van der Waals surface area contributed by atoms with Gasteiger partial charge in [0.15, 0.2) is 0 Å². The van der Waals surface area contributed by atoms with Crippen LogP contribution in [0.5, 0.6) is 0 Å². The number of nitrogens with one attached hydrogen (secondary N) is 2. The number of pyridine rings is 1. The van der Waals surface area contributed by atoms with Gasteiger partial charge in [-0.05, 0) is 37.6 Å². The van der Waals surface area contributed by atoms with Gasteiger partial charge in [0.2, 0.25) is 0 Å². The number of anilines is 1. The minimum absolute atomic E-state index is 0.168. The van der Waals surface area contributed by atoms with Gasteiger partial charge < -0.3 is 0 Å². The zero-order chi connectivity index (χ0) is 28.9. The van der Waals surface area contributed by atoms with E-state index in [2.05, 4.69) is 25.9 Å². The van der Waals surface area contributed by atoms with Crippen LogP contribution in [-0.2, 0) is 4.84 Å². The molecule has 0 radical (unpaired) electrons. The Balaban J connectivity index is 1.29. The van der Waals surface area contributed by atoms with Gasteiger partial charge >= 0.3 is 128 Å². The number of amides is 2. The van der Waals surface area contributed by atoms with Crippen molar-refractivity contribution >= 4 is 43.7 Å². The number of carbonyl (C=O) groups excluding carboxylic acids is 2. The monoisotopic (exact) mass is 679 g/mol. The van der Waals surface area contributed by atoms with Gasteiger partial charge in [0.1, 0.15) is 0 Å². The molecule has 0 bridgehead atoms. The molecule has 0 atom stereocenters. The van der Waals surface area contributed by atoms with E-state index in [1.165, 1.54) is 0 Å². The van der Waals surface area contributed by atoms with Crippen molar-refractivity contribution in [3.8, 4) is 11.3 Å². The Morgan fingerprint density at radius 1 is 0.976 bits per heavy atom. The number of carbonyl (C=O) groups is 2. The third-order valence-corrected chi connectivity index (χ3v) is 8.99. The van der Waals surface area contributed by atoms with Gasteiger partial charge in [-0.15, -0.1) is 0 Å². The number of nitrogens with zero attached hydrogens (tertiary/aromatic N) is 2. The van der Waals surface area contributed by atoms with Crippen molar-refractivity contribution in [2.24, 2.45) is 5.16 Å². The fourth-order valence-corrected chi connectivity index (χ4v) is 6.21. The summed E-state index contributed by atoms with van der Waals surface area (Å²) in [6.07, 6.45) is 1.50. The average molecular weight is 680 g/mol. The Morgan fingerprint density at radius 2 is 1.76 bits per heavy atom. The fraction of sp³-hybridized carbons (Fsp3) is 0.188. The van der Waals surface area contributed by atoms with Crippen LogP contribution in [0.1, 0.15) is 51.6 Å². The number of hydrogen-bond donors (Lipinski definition) is 2. The van der Waals surface area contributed by atoms with Gasteiger partial charge in [-0.2, -0.15) is 0 Å². The number of oxime groups is 1. The molecule has 2 N–H and O–H groups in total. The SMILES string of the molecule is CC1=NOC(CCCNC(=O)c2ccc(NC(=O)c3cc(-c4ccccc4Cl)nc4c(C)cc(C)cc34)cc2)=C[I-]1. The number of hydrogen-bond acceptors (Lipinski definition) is 5. The summed E-state index contributed by atoms with van der Waals surface area (Å²) in [7, 11) is 0. The van der Waals surface area contributed by atoms with Gasteiger partial charge in [-0.25, -0.2) is 4.98 Å². The van der Waals surface area contributed by atoms with Crippen LogP contribution in [0, 0.1) is 13.8 Å². The molecule has 0 saturated heterocycles. The minimum atomic E-state index is -0.269. The summed E-state index contributed by atoms with van der Waals surface area (Å²) < 4.78 is 3.19. The van der Waals surface area contributed by atoms with Crippen LogP contribution in [0.15, 0.2) is 81.7 Å². The predicted octanol–water partition coefficient (Wildman–Crippen LogP) is 4.23. The first-order chi connectivity index (χ1) is 19.8. The molecule has 0 saturated carbocycles. The number of aryl methyl sites for hydroxylation is 2. The third-order valence-electron chi connectivity index (χ3n) is 6.56. The Bertz CT molecular complexity index is 1700. The molecule has 5 rings (SSSR count). The zero-order valence-corrected chi connectivity index (χ0v) is 25.8. The van der Waals surface area contributed by atoms with Crippen LogP contribution in [0.4, 0.5) is 5.69 Å². The van der Waals surface area contributed by atoms with Crippen molar-refractivity contribution in [3.05, 3.63) is 104 Å². The van der Waals surface area contributed by atoms with E-state index in [1.54, 1.807) is 30.3 Å². The summed E-state index contributed by atoms with van der Waals surface area (Å²) in [4.78, 5) is 36.4. The van der Waals surface area contributed by atoms with E-state index in [0.717, 1.165) is 49.9 Å². The summed E-state index contributed by atoms with van der Waals surface area (Å²) in [5, 5.41) is 11.3. The Hall–Kier alpha value is -3.76. The second-order valence-electron chi connectivity index (χ2n) is 9.77. The summed E-state index contributed by atoms with van der Waals surface area (Å²) in [5.41, 5.74) is 5.76. The molecule has 9 heteroatoms. The van der Waals surface area contributed by atoms with Crippen LogP contribution < -0.4 is 31.8 Å². The predicted molar refractivity (Wildman–Crippen MR) is 160 cm³/mol. The van der Waals surface area contributed by atoms with Crippen LogP contribution >= 0.6 is 11.6 Å². The van der Waals surface area contributed by atoms with Gasteiger partial charge in [-0.1, -0.05) is 41.4 Å². The molecule has 4 aromatic rings. The number of rotatable bonds is 8. The van der Waals surface area contributed by atoms with Crippen molar-refractivity contribution < 1.29 is 35.6 Å². The van der Waals surface area contributed by atoms with E-state index >= 15 is 0 Å². The second-order valence-corrected chi connectivity index (χ2v) is 13.0. The number of allylic oxidation sites excluding steroid dienone is 1. The van der Waals surface area contributed by atoms with Crippen molar-refractivity contribution in [2.45, 2.75) is 33.6 Å². The first kappa shape index (κ1) is 28.8. The quantitative estimate of drug-likeness (QED) is 0.216. The first-order valence-electron chi connectivity index (χ1n) is 13.2. The summed E-state index contributed by atoms with van der Waals surface area (Å²) in [5.74, 6) is 0.441. The molecule has 41 heavy (non-hydrogen) atoms. The molecular weight excluding hydrogens is 651 g/mol. The maximum atomic E-state index is 13.6. The van der Waals surface area contributed by atoms with Crippen LogP contribution in [0.25, 0.3) is 22.2 Å². The van der Waals surface area contributed by atoms with Crippen LogP contribution in [-0.4, -0.2) is 27.1 Å². The molecule has 2 amide bonds. The molecule has 3 aromatic carbocycles. The normalized spacial score (nSPS) is 13.0. The standard InChI is InChI=1S/C32H29ClIN4O3/c1-19-15-20(2)30-26(16-19)27(17-29(37-30)25-8-4-5-9-28(25)33)32(40)36-23-12-10-22(11-13-23)31(39)35-14-6-7-24-18-34-21(3)38-41-24/h4-5,8-13,15-18H,6-7,14H2,1-3H3,(H,35,39)(H,36,40)/q-1. The van der Waals surface area contributed by atoms with Crippen molar-refractivity contribution in [3.63, 3.8) is 0 Å². The summed E-state index contributed by atoms with van der Waals surface area (Å²) >= 11 is 6.30. The third kappa shape index (κ3) is 6.94. The number of halogens is 2. The van der Waals surface area contributed by atoms with Crippen molar-refractivity contribution in [1.82, 2.24) is 10.3 Å². The molecule has 1 aliphatic rings. The van der Waals surface area contributed by atoms with Crippen LogP contribution in [0.3, 0.4) is 0 Å². The van der Waals surface area contributed by atoms with Gasteiger partial charge in [0.05, 0.1) is 16.8 Å². The summed E-state index contributed by atoms with van der Waals surface area (Å²) in [6.45, 7) is 6.48. The zero-order valence-electron chi connectivity index (χ0n) is 22.9. The van der Waals surface area contributed by atoms with Crippen LogP contribution in [0.2, 0.25) is 5.02 Å². The van der Waals surface area contributed by atoms with E-state index in [1.807, 2.05) is 51.1 Å². The average Bonchev–Trinajstić information content (AvgIpc) is 2.96. The number of fused-ring (bicyclic) bond motifs is 1. The van der Waals surface area contributed by atoms with Gasteiger partial charge in [-0.3, -0.25) is 4.79 Å². The molecule has 0 aliphatic carbocycles. The molecule has 2 heterocycles. The Kier molecular flexibility index (Phi) is 8.99. The molecular formula is C32H29ClIN4O3-. The molecule has 7 nitrogen and oxygen atoms in total. The second kappa shape index (κ2) is 12.8. The molecule has 0 unspecified atom stereocenters. The van der Waals surface area contributed by atoms with E-state index < -0.39 is 0 Å². The van der Waals surface area contributed by atoms with Gasteiger partial charge in [0, 0.05) is 16.0 Å². The Morgan fingerprint density at radius 3 is 2.49 bits per heavy atom. The maximum absolute atomic E-state index is 13.6. The van der Waals surface area contributed by atoms with E-state index in [0.29, 0.717) is 34.1 Å². The molecule has 0 fully saturated rings. The van der Waals surface area contributed by atoms with Crippen molar-refractivity contribution in [1.29, 1.82) is 0 Å². The first-order valence-corrected chi connectivity index (χ1v) is 15.9. The number of benzene rings is 3. The molecule has 0 spiro atoms. The fourth-order valence-electron chi connectivity index (χ4n) is 4.55. The molecule has 210 valence electrons. The van der Waals surface area contributed by atoms with E-state index in [-0.39, 0.29) is 33.0 Å². The molecule has 1 aromatic heterocycles. The van der Waals surface area contributed by atoms with E-state index in [9.17, 15) is 9.59 Å². The molecule has 1 aliphatic heterocycles. The topological polar surface area (TPSA) is 92.7 Å². The summed E-state index contributed by atoms with van der Waals surface area (Å²) in [6, 6.07) is 20.1. The van der Waals surface area contributed by atoms with Crippen molar-refractivity contribution in [2.75, 3.05) is 11.9 Å². The van der Waals surface area contributed by atoms with E-state index in [4.69, 9.17) is 21.4 Å². The number of aromatic nitrogens is 1. The Labute approximate surface area is 254 Å².